The van der Waals surface area contributed by atoms with Crippen molar-refractivity contribution in [3.8, 4) is 0 Å². The van der Waals surface area contributed by atoms with Crippen molar-refractivity contribution in [1.29, 1.82) is 0 Å². The molecule has 0 bridgehead atoms. The van der Waals surface area contributed by atoms with Crippen LogP contribution >= 0.6 is 0 Å². The largest absolute Gasteiger partial charge is 0.319 e. The SMILES string of the molecule is Cn1ccc(C(N)c2cncc3ccccc23)n1. The van der Waals surface area contributed by atoms with Crippen LogP contribution in [0.1, 0.15) is 17.3 Å². The molecule has 1 atom stereocenters. The van der Waals surface area contributed by atoms with Gasteiger partial charge in [0.25, 0.3) is 0 Å². The van der Waals surface area contributed by atoms with E-state index >= 15 is 0 Å². The smallest absolute Gasteiger partial charge is 0.0837 e. The minimum absolute atomic E-state index is 0.246. The number of nitrogens with two attached hydrogens (primary N) is 1. The number of pyridine rings is 1. The Hall–Kier alpha value is -2.20. The monoisotopic (exact) mass is 238 g/mol. The molecule has 0 aliphatic rings. The number of hydrogen-bond donors (Lipinski definition) is 1. The van der Waals surface area contributed by atoms with Gasteiger partial charge < -0.3 is 5.73 Å². The Kier molecular flexibility index (Phi) is 2.57. The van der Waals surface area contributed by atoms with Gasteiger partial charge in [-0.25, -0.2) is 0 Å². The van der Waals surface area contributed by atoms with Crippen LogP contribution in [0.25, 0.3) is 10.8 Å². The van der Waals surface area contributed by atoms with Gasteiger partial charge in [-0.05, 0) is 11.5 Å². The second-order valence-corrected chi connectivity index (χ2v) is 4.34. The fourth-order valence-corrected chi connectivity index (χ4v) is 2.15. The molecule has 2 heterocycles. The van der Waals surface area contributed by atoms with E-state index in [1.807, 2.05) is 49.9 Å². The fraction of sp³-hybridized carbons (Fsp3) is 0.143. The van der Waals surface area contributed by atoms with E-state index in [2.05, 4.69) is 16.1 Å². The van der Waals surface area contributed by atoms with Gasteiger partial charge in [0.05, 0.1) is 11.7 Å². The van der Waals surface area contributed by atoms with E-state index in [1.165, 1.54) is 0 Å². The van der Waals surface area contributed by atoms with Gasteiger partial charge in [0, 0.05) is 36.6 Å². The summed E-state index contributed by atoms with van der Waals surface area (Å²) < 4.78 is 1.76. The second-order valence-electron chi connectivity index (χ2n) is 4.34. The van der Waals surface area contributed by atoms with Crippen molar-refractivity contribution in [1.82, 2.24) is 14.8 Å². The third-order valence-corrected chi connectivity index (χ3v) is 3.09. The molecule has 0 aliphatic carbocycles. The Bertz CT molecular complexity index is 682. The second kappa shape index (κ2) is 4.23. The molecular formula is C14H14N4. The zero-order valence-electron chi connectivity index (χ0n) is 10.1. The molecule has 4 nitrogen and oxygen atoms in total. The van der Waals surface area contributed by atoms with Crippen LogP contribution in [0.15, 0.2) is 48.9 Å². The fourth-order valence-electron chi connectivity index (χ4n) is 2.15. The van der Waals surface area contributed by atoms with Crippen molar-refractivity contribution < 1.29 is 0 Å². The Labute approximate surface area is 105 Å². The lowest BCUT2D eigenvalue weighted by Crippen LogP contribution is -2.13. The van der Waals surface area contributed by atoms with Gasteiger partial charge in [0.1, 0.15) is 0 Å². The molecule has 0 radical (unpaired) electrons. The molecule has 2 N–H and O–H groups in total. The van der Waals surface area contributed by atoms with Gasteiger partial charge in [-0.3, -0.25) is 9.67 Å². The summed E-state index contributed by atoms with van der Waals surface area (Å²) in [4.78, 5) is 4.25. The lowest BCUT2D eigenvalue weighted by Gasteiger charge is -2.11. The summed E-state index contributed by atoms with van der Waals surface area (Å²) in [5.41, 5.74) is 8.14. The Morgan fingerprint density at radius 2 is 2.00 bits per heavy atom. The van der Waals surface area contributed by atoms with Crippen molar-refractivity contribution >= 4 is 10.8 Å². The Morgan fingerprint density at radius 1 is 1.17 bits per heavy atom. The molecule has 4 heteroatoms. The summed E-state index contributed by atoms with van der Waals surface area (Å²) in [7, 11) is 1.89. The zero-order chi connectivity index (χ0) is 12.5. The first-order valence-corrected chi connectivity index (χ1v) is 5.83. The number of benzene rings is 1. The van der Waals surface area contributed by atoms with Crippen LogP contribution in [0.5, 0.6) is 0 Å². The highest BCUT2D eigenvalue weighted by Crippen LogP contribution is 2.25. The molecular weight excluding hydrogens is 224 g/mol. The van der Waals surface area contributed by atoms with Gasteiger partial charge in [-0.15, -0.1) is 0 Å². The first kappa shape index (κ1) is 10.9. The van der Waals surface area contributed by atoms with E-state index in [9.17, 15) is 0 Å². The number of fused-ring (bicyclic) bond motifs is 1. The van der Waals surface area contributed by atoms with Gasteiger partial charge in [0.2, 0.25) is 0 Å². The average molecular weight is 238 g/mol. The van der Waals surface area contributed by atoms with E-state index in [-0.39, 0.29) is 6.04 Å². The molecule has 2 aromatic heterocycles. The summed E-state index contributed by atoms with van der Waals surface area (Å²) in [5, 5.41) is 6.59. The van der Waals surface area contributed by atoms with Crippen molar-refractivity contribution in [2.24, 2.45) is 12.8 Å². The predicted molar refractivity (Wildman–Crippen MR) is 71.0 cm³/mol. The molecule has 3 rings (SSSR count). The maximum atomic E-state index is 6.28. The van der Waals surface area contributed by atoms with Gasteiger partial charge in [0.15, 0.2) is 0 Å². The molecule has 1 aromatic carbocycles. The standard InChI is InChI=1S/C14H14N4/c1-18-7-6-13(17-18)14(15)12-9-16-8-10-4-2-3-5-11(10)12/h2-9,14H,15H2,1H3. The van der Waals surface area contributed by atoms with Crippen LogP contribution in [0, 0.1) is 0 Å². The zero-order valence-corrected chi connectivity index (χ0v) is 10.1. The molecule has 18 heavy (non-hydrogen) atoms. The highest BCUT2D eigenvalue weighted by molar-refractivity contribution is 5.85. The van der Waals surface area contributed by atoms with Gasteiger partial charge in [-0.2, -0.15) is 5.10 Å². The molecule has 0 spiro atoms. The van der Waals surface area contributed by atoms with Crippen molar-refractivity contribution in [2.75, 3.05) is 0 Å². The van der Waals surface area contributed by atoms with Crippen LogP contribution < -0.4 is 5.73 Å². The van der Waals surface area contributed by atoms with Crippen molar-refractivity contribution in [3.63, 3.8) is 0 Å². The maximum Gasteiger partial charge on any atom is 0.0837 e. The van der Waals surface area contributed by atoms with E-state index in [0.717, 1.165) is 22.0 Å². The van der Waals surface area contributed by atoms with E-state index in [4.69, 9.17) is 5.73 Å². The highest BCUT2D eigenvalue weighted by atomic mass is 15.3. The summed E-state index contributed by atoms with van der Waals surface area (Å²) in [6, 6.07) is 9.81. The molecule has 0 aliphatic heterocycles. The number of aryl methyl sites for hydroxylation is 1. The van der Waals surface area contributed by atoms with Gasteiger partial charge >= 0.3 is 0 Å². The molecule has 1 unspecified atom stereocenters. The minimum atomic E-state index is -0.246. The molecule has 0 saturated carbocycles. The third-order valence-electron chi connectivity index (χ3n) is 3.09. The third kappa shape index (κ3) is 1.76. The summed E-state index contributed by atoms with van der Waals surface area (Å²) in [5.74, 6) is 0. The number of hydrogen-bond acceptors (Lipinski definition) is 3. The first-order chi connectivity index (χ1) is 8.75. The number of aromatic nitrogens is 3. The predicted octanol–water partition coefficient (Wildman–Crippen LogP) is 2.02. The van der Waals surface area contributed by atoms with E-state index in [1.54, 1.807) is 4.68 Å². The van der Waals surface area contributed by atoms with Crippen LogP contribution in [-0.2, 0) is 7.05 Å². The Balaban J connectivity index is 2.14. The van der Waals surface area contributed by atoms with Crippen molar-refractivity contribution in [2.45, 2.75) is 6.04 Å². The van der Waals surface area contributed by atoms with Crippen LogP contribution in [0.3, 0.4) is 0 Å². The van der Waals surface area contributed by atoms with Gasteiger partial charge in [-0.1, -0.05) is 24.3 Å². The summed E-state index contributed by atoms with van der Waals surface area (Å²) in [6.45, 7) is 0. The maximum absolute atomic E-state index is 6.28. The van der Waals surface area contributed by atoms with Crippen LogP contribution in [0.4, 0.5) is 0 Å². The normalized spacial score (nSPS) is 12.8. The minimum Gasteiger partial charge on any atom is -0.319 e. The van der Waals surface area contributed by atoms with E-state index < -0.39 is 0 Å². The number of rotatable bonds is 2. The molecule has 0 amide bonds. The van der Waals surface area contributed by atoms with E-state index in [0.29, 0.717) is 0 Å². The molecule has 0 saturated heterocycles. The first-order valence-electron chi connectivity index (χ1n) is 5.83. The summed E-state index contributed by atoms with van der Waals surface area (Å²) >= 11 is 0. The molecule has 90 valence electrons. The lowest BCUT2D eigenvalue weighted by molar-refractivity contribution is 0.716. The Morgan fingerprint density at radius 3 is 2.78 bits per heavy atom. The lowest BCUT2D eigenvalue weighted by atomic mass is 10.0. The summed E-state index contributed by atoms with van der Waals surface area (Å²) in [6.07, 6.45) is 5.57. The average Bonchev–Trinajstić information content (AvgIpc) is 2.84. The number of nitrogens with zero attached hydrogens (tertiary/aromatic N) is 3. The van der Waals surface area contributed by atoms with Crippen LogP contribution in [0.2, 0.25) is 0 Å². The highest BCUT2D eigenvalue weighted by Gasteiger charge is 2.14. The molecule has 0 fully saturated rings. The molecule has 3 aromatic rings. The van der Waals surface area contributed by atoms with Crippen LogP contribution in [-0.4, -0.2) is 14.8 Å². The van der Waals surface area contributed by atoms with Crippen molar-refractivity contribution in [3.05, 3.63) is 60.2 Å². The quantitative estimate of drug-likeness (QED) is 0.743. The topological polar surface area (TPSA) is 56.7 Å².